The molecule has 1 saturated heterocycles. The second-order valence-corrected chi connectivity index (χ2v) is 5.85. The molecule has 1 fully saturated rings. The van der Waals surface area contributed by atoms with Gasteiger partial charge in [0, 0.05) is 18.5 Å². The lowest BCUT2D eigenvalue weighted by atomic mass is 9.71. The first kappa shape index (κ1) is 12.4. The minimum atomic E-state index is 0.295. The van der Waals surface area contributed by atoms with Crippen LogP contribution in [-0.2, 0) is 11.8 Å². The fraction of sp³-hybridized carbons (Fsp3) is 0.333. The van der Waals surface area contributed by atoms with Crippen LogP contribution in [0.2, 0.25) is 0 Å². The van der Waals surface area contributed by atoms with E-state index in [4.69, 9.17) is 0 Å². The first-order valence-electron chi connectivity index (χ1n) is 7.02. The molecule has 98 valence electrons. The molecule has 1 N–H and O–H groups in total. The first-order valence-corrected chi connectivity index (χ1v) is 7.02. The highest BCUT2D eigenvalue weighted by molar-refractivity contribution is 5.36. The van der Waals surface area contributed by atoms with Gasteiger partial charge in [-0.1, -0.05) is 48.5 Å². The Morgan fingerprint density at radius 1 is 0.947 bits per heavy atom. The summed E-state index contributed by atoms with van der Waals surface area (Å²) in [5.74, 6) is 0. The smallest absolute Gasteiger partial charge is 0.0242 e. The van der Waals surface area contributed by atoms with Crippen LogP contribution in [0, 0.1) is 13.8 Å². The zero-order valence-corrected chi connectivity index (χ0v) is 11.7. The second-order valence-electron chi connectivity index (χ2n) is 5.85. The summed E-state index contributed by atoms with van der Waals surface area (Å²) < 4.78 is 0. The van der Waals surface area contributed by atoms with Crippen LogP contribution < -0.4 is 5.32 Å². The maximum atomic E-state index is 3.45. The summed E-state index contributed by atoms with van der Waals surface area (Å²) in [5, 5.41) is 3.45. The van der Waals surface area contributed by atoms with Gasteiger partial charge >= 0.3 is 0 Å². The highest BCUT2D eigenvalue weighted by Crippen LogP contribution is 2.32. The van der Waals surface area contributed by atoms with Crippen LogP contribution >= 0.6 is 0 Å². The number of nitrogens with one attached hydrogen (secondary N) is 1. The van der Waals surface area contributed by atoms with Gasteiger partial charge in [-0.25, -0.2) is 0 Å². The molecular weight excluding hydrogens is 230 g/mol. The Morgan fingerprint density at radius 3 is 2.26 bits per heavy atom. The predicted molar refractivity (Wildman–Crippen MR) is 80.6 cm³/mol. The highest BCUT2D eigenvalue weighted by Gasteiger charge is 2.38. The van der Waals surface area contributed by atoms with Crippen LogP contribution in [0.15, 0.2) is 48.5 Å². The Balaban J connectivity index is 1.89. The summed E-state index contributed by atoms with van der Waals surface area (Å²) in [7, 11) is 0. The van der Waals surface area contributed by atoms with Gasteiger partial charge in [-0.05, 0) is 42.5 Å². The molecule has 0 atom stereocenters. The third-order valence-electron chi connectivity index (χ3n) is 4.43. The van der Waals surface area contributed by atoms with Crippen LogP contribution in [0.25, 0.3) is 0 Å². The molecule has 0 spiro atoms. The van der Waals surface area contributed by atoms with Crippen molar-refractivity contribution in [2.45, 2.75) is 25.7 Å². The van der Waals surface area contributed by atoms with Crippen molar-refractivity contribution in [3.05, 3.63) is 70.8 Å². The second kappa shape index (κ2) is 4.82. The molecule has 0 saturated carbocycles. The molecule has 1 aliphatic heterocycles. The normalized spacial score (nSPS) is 16.9. The summed E-state index contributed by atoms with van der Waals surface area (Å²) in [6.45, 7) is 6.55. The lowest BCUT2D eigenvalue weighted by Gasteiger charge is -2.43. The van der Waals surface area contributed by atoms with E-state index >= 15 is 0 Å². The average Bonchev–Trinajstić information content (AvgIpc) is 2.39. The van der Waals surface area contributed by atoms with Crippen LogP contribution in [-0.4, -0.2) is 13.1 Å². The number of benzene rings is 2. The highest BCUT2D eigenvalue weighted by atomic mass is 15.0. The van der Waals surface area contributed by atoms with Crippen molar-refractivity contribution >= 4 is 0 Å². The summed E-state index contributed by atoms with van der Waals surface area (Å²) in [5.41, 5.74) is 5.99. The summed E-state index contributed by atoms with van der Waals surface area (Å²) in [4.78, 5) is 0. The zero-order valence-electron chi connectivity index (χ0n) is 11.7. The third kappa shape index (κ3) is 2.31. The molecular formula is C18H21N. The van der Waals surface area contributed by atoms with E-state index in [2.05, 4.69) is 67.7 Å². The van der Waals surface area contributed by atoms with Gasteiger partial charge in [0.15, 0.2) is 0 Å². The van der Waals surface area contributed by atoms with Crippen molar-refractivity contribution in [2.75, 3.05) is 13.1 Å². The van der Waals surface area contributed by atoms with E-state index < -0.39 is 0 Å². The third-order valence-corrected chi connectivity index (χ3v) is 4.43. The fourth-order valence-corrected chi connectivity index (χ4v) is 2.95. The molecule has 3 rings (SSSR count). The van der Waals surface area contributed by atoms with Crippen molar-refractivity contribution in [1.82, 2.24) is 5.32 Å². The van der Waals surface area contributed by atoms with E-state index in [1.54, 1.807) is 0 Å². The van der Waals surface area contributed by atoms with Crippen LogP contribution in [0.5, 0.6) is 0 Å². The van der Waals surface area contributed by atoms with Crippen LogP contribution in [0.1, 0.15) is 22.3 Å². The van der Waals surface area contributed by atoms with E-state index in [1.807, 2.05) is 0 Å². The lowest BCUT2D eigenvalue weighted by molar-refractivity contribution is 0.274. The topological polar surface area (TPSA) is 12.0 Å². The molecule has 0 aliphatic carbocycles. The van der Waals surface area contributed by atoms with Crippen LogP contribution in [0.3, 0.4) is 0 Å². The molecule has 1 heterocycles. The van der Waals surface area contributed by atoms with Gasteiger partial charge in [-0.15, -0.1) is 0 Å². The molecule has 0 aromatic heterocycles. The molecule has 2 aromatic rings. The van der Waals surface area contributed by atoms with Gasteiger partial charge in [-0.3, -0.25) is 0 Å². The van der Waals surface area contributed by atoms with Gasteiger partial charge in [0.1, 0.15) is 0 Å². The lowest BCUT2D eigenvalue weighted by Crippen LogP contribution is -2.58. The first-order chi connectivity index (χ1) is 9.20. The molecule has 1 aliphatic rings. The Bertz CT molecular complexity index is 567. The Hall–Kier alpha value is -1.60. The standard InChI is InChI=1S/C18H21N/c1-14-8-9-16(10-15(14)2)11-18(12-19-13-18)17-6-4-3-5-7-17/h3-10,19H,11-13H2,1-2H3. The average molecular weight is 251 g/mol. The van der Waals surface area contributed by atoms with Crippen molar-refractivity contribution in [1.29, 1.82) is 0 Å². The van der Waals surface area contributed by atoms with Crippen molar-refractivity contribution in [2.24, 2.45) is 0 Å². The predicted octanol–water partition coefficient (Wildman–Crippen LogP) is 3.39. The Labute approximate surface area is 115 Å². The molecule has 1 heteroatoms. The monoisotopic (exact) mass is 251 g/mol. The minimum Gasteiger partial charge on any atom is -0.315 e. The number of hydrogen-bond donors (Lipinski definition) is 1. The maximum Gasteiger partial charge on any atom is 0.0242 e. The Kier molecular flexibility index (Phi) is 3.16. The molecule has 2 aromatic carbocycles. The fourth-order valence-electron chi connectivity index (χ4n) is 2.95. The quantitative estimate of drug-likeness (QED) is 0.881. The van der Waals surface area contributed by atoms with E-state index in [0.717, 1.165) is 19.5 Å². The molecule has 0 amide bonds. The van der Waals surface area contributed by atoms with E-state index in [9.17, 15) is 0 Å². The van der Waals surface area contributed by atoms with Gasteiger partial charge in [0.05, 0.1) is 0 Å². The number of hydrogen-bond acceptors (Lipinski definition) is 1. The van der Waals surface area contributed by atoms with Crippen molar-refractivity contribution < 1.29 is 0 Å². The van der Waals surface area contributed by atoms with E-state index in [1.165, 1.54) is 22.3 Å². The molecule has 1 nitrogen and oxygen atoms in total. The van der Waals surface area contributed by atoms with Gasteiger partial charge < -0.3 is 5.32 Å². The minimum absolute atomic E-state index is 0.295. The summed E-state index contributed by atoms with van der Waals surface area (Å²) in [6, 6.07) is 17.8. The number of rotatable bonds is 3. The maximum absolute atomic E-state index is 3.45. The van der Waals surface area contributed by atoms with Gasteiger partial charge in [0.25, 0.3) is 0 Å². The van der Waals surface area contributed by atoms with Crippen LogP contribution in [0.4, 0.5) is 0 Å². The molecule has 0 bridgehead atoms. The largest absolute Gasteiger partial charge is 0.315 e. The van der Waals surface area contributed by atoms with E-state index in [-0.39, 0.29) is 0 Å². The van der Waals surface area contributed by atoms with Gasteiger partial charge in [0.2, 0.25) is 0 Å². The SMILES string of the molecule is Cc1ccc(CC2(c3ccccc3)CNC2)cc1C. The Morgan fingerprint density at radius 2 is 1.68 bits per heavy atom. The van der Waals surface area contributed by atoms with Crippen molar-refractivity contribution in [3.8, 4) is 0 Å². The molecule has 0 radical (unpaired) electrons. The molecule has 0 unspecified atom stereocenters. The van der Waals surface area contributed by atoms with Gasteiger partial charge in [-0.2, -0.15) is 0 Å². The number of aryl methyl sites for hydroxylation is 2. The molecule has 19 heavy (non-hydrogen) atoms. The van der Waals surface area contributed by atoms with E-state index in [0.29, 0.717) is 5.41 Å². The summed E-state index contributed by atoms with van der Waals surface area (Å²) >= 11 is 0. The van der Waals surface area contributed by atoms with Crippen molar-refractivity contribution in [3.63, 3.8) is 0 Å². The zero-order chi connectivity index (χ0) is 13.3. The summed E-state index contributed by atoms with van der Waals surface area (Å²) in [6.07, 6.45) is 1.13.